The van der Waals surface area contributed by atoms with Gasteiger partial charge in [-0.2, -0.15) is 0 Å². The molecule has 1 atom stereocenters. The van der Waals surface area contributed by atoms with Crippen LogP contribution in [0.3, 0.4) is 0 Å². The Labute approximate surface area is 190 Å². The first-order valence-electron chi connectivity index (χ1n) is 10.4. The van der Waals surface area contributed by atoms with Gasteiger partial charge < -0.3 is 10.2 Å². The maximum Gasteiger partial charge on any atom is 0.323 e. The lowest BCUT2D eigenvalue weighted by Gasteiger charge is -2.33. The Morgan fingerprint density at radius 2 is 1.91 bits per heavy atom. The van der Waals surface area contributed by atoms with Gasteiger partial charge in [-0.15, -0.1) is 11.8 Å². The largest absolute Gasteiger partial charge is 0.323 e. The van der Waals surface area contributed by atoms with E-state index in [1.807, 2.05) is 55.5 Å². The van der Waals surface area contributed by atoms with Crippen LogP contribution >= 0.6 is 11.8 Å². The van der Waals surface area contributed by atoms with E-state index in [4.69, 9.17) is 0 Å². The molecule has 7 heteroatoms. The predicted molar refractivity (Wildman–Crippen MR) is 125 cm³/mol. The fraction of sp³-hybridized carbons (Fsp3) is 0.200. The van der Waals surface area contributed by atoms with E-state index < -0.39 is 16.7 Å². The Balaban J connectivity index is 1.54. The van der Waals surface area contributed by atoms with Crippen molar-refractivity contribution in [1.82, 2.24) is 4.90 Å². The fourth-order valence-corrected chi connectivity index (χ4v) is 5.86. The third kappa shape index (κ3) is 3.33. The monoisotopic (exact) mass is 447 g/mol. The number of rotatable bonds is 3. The van der Waals surface area contributed by atoms with Gasteiger partial charge in [-0.05, 0) is 36.8 Å². The van der Waals surface area contributed by atoms with Crippen LogP contribution in [0.25, 0.3) is 0 Å². The van der Waals surface area contributed by atoms with E-state index in [2.05, 4.69) is 5.32 Å². The van der Waals surface area contributed by atoms with Crippen molar-refractivity contribution in [2.75, 3.05) is 22.5 Å². The number of nitrogens with zero attached hydrogens (tertiary/aromatic N) is 2. The number of nitrogens with one attached hydrogen (secondary N) is 1. The summed E-state index contributed by atoms with van der Waals surface area (Å²) < 4.78 is 13.6. The smallest absolute Gasteiger partial charge is 0.308 e. The van der Waals surface area contributed by atoms with Crippen molar-refractivity contribution in [2.45, 2.75) is 18.3 Å². The lowest BCUT2D eigenvalue weighted by atomic mass is 10.0. The molecule has 3 amide bonds. The number of carbonyl (C=O) groups excluding carboxylic acids is 2. The SMILES string of the molecule is Cc1ccc2c(c1)[C@]1(SCCN1C(=O)Nc1cccc(F)c1)C(=O)N2Cc1ccccc1. The highest BCUT2D eigenvalue weighted by molar-refractivity contribution is 8.01. The third-order valence-corrected chi connectivity index (χ3v) is 7.27. The molecule has 162 valence electrons. The van der Waals surface area contributed by atoms with Crippen LogP contribution in [-0.2, 0) is 16.2 Å². The standard InChI is InChI=1S/C25H22FN3O2S/c1-17-10-11-22-21(14-17)25(23(30)28(22)16-18-6-3-2-4-7-18)29(12-13-32-25)24(31)27-20-9-5-8-19(26)15-20/h2-11,14-15H,12-13,16H2,1H3,(H,27,31)/t25-/m0/s1. The van der Waals surface area contributed by atoms with Gasteiger partial charge in [0.2, 0.25) is 0 Å². The van der Waals surface area contributed by atoms with Crippen LogP contribution < -0.4 is 10.2 Å². The molecule has 3 aromatic carbocycles. The topological polar surface area (TPSA) is 52.7 Å². The number of urea groups is 1. The van der Waals surface area contributed by atoms with Crippen LogP contribution in [0.15, 0.2) is 72.8 Å². The molecule has 1 fully saturated rings. The summed E-state index contributed by atoms with van der Waals surface area (Å²) in [6.07, 6.45) is 0. The molecular formula is C25H22FN3O2S. The van der Waals surface area contributed by atoms with E-state index in [0.717, 1.165) is 22.4 Å². The Hall–Kier alpha value is -3.32. The normalized spacial score (nSPS) is 19.5. The molecule has 5 rings (SSSR count). The molecule has 2 aliphatic heterocycles. The van der Waals surface area contributed by atoms with Crippen molar-refractivity contribution in [3.8, 4) is 0 Å². The van der Waals surface area contributed by atoms with E-state index >= 15 is 0 Å². The predicted octanol–water partition coefficient (Wildman–Crippen LogP) is 5.11. The number of amides is 3. The first-order chi connectivity index (χ1) is 15.5. The number of anilines is 2. The number of hydrogen-bond donors (Lipinski definition) is 1. The van der Waals surface area contributed by atoms with Gasteiger partial charge >= 0.3 is 6.03 Å². The van der Waals surface area contributed by atoms with Crippen molar-refractivity contribution in [2.24, 2.45) is 0 Å². The minimum Gasteiger partial charge on any atom is -0.308 e. The number of halogens is 1. The summed E-state index contributed by atoms with van der Waals surface area (Å²) in [7, 11) is 0. The maximum atomic E-state index is 13.9. The molecule has 1 saturated heterocycles. The molecule has 2 heterocycles. The maximum absolute atomic E-state index is 13.9. The number of aryl methyl sites for hydroxylation is 1. The summed E-state index contributed by atoms with van der Waals surface area (Å²) in [6, 6.07) is 21.1. The van der Waals surface area contributed by atoms with Gasteiger partial charge in [0.15, 0.2) is 4.87 Å². The molecule has 0 aromatic heterocycles. The highest BCUT2D eigenvalue weighted by Gasteiger charge is 2.59. The first kappa shape index (κ1) is 20.6. The Morgan fingerprint density at radius 1 is 1.09 bits per heavy atom. The second-order valence-electron chi connectivity index (χ2n) is 7.98. The van der Waals surface area contributed by atoms with Crippen LogP contribution in [0.2, 0.25) is 0 Å². The van der Waals surface area contributed by atoms with E-state index in [1.165, 1.54) is 23.9 Å². The molecule has 0 bridgehead atoms. The minimum absolute atomic E-state index is 0.126. The molecule has 0 saturated carbocycles. The zero-order valence-electron chi connectivity index (χ0n) is 17.5. The van der Waals surface area contributed by atoms with Crippen molar-refractivity contribution in [1.29, 1.82) is 0 Å². The molecular weight excluding hydrogens is 425 g/mol. The fourth-order valence-electron chi connectivity index (χ4n) is 4.41. The van der Waals surface area contributed by atoms with Gasteiger partial charge in [-0.25, -0.2) is 9.18 Å². The molecule has 5 nitrogen and oxygen atoms in total. The summed E-state index contributed by atoms with van der Waals surface area (Å²) in [4.78, 5) is 29.5. The van der Waals surface area contributed by atoms with Crippen LogP contribution in [0, 0.1) is 12.7 Å². The van der Waals surface area contributed by atoms with Gasteiger partial charge in [0.1, 0.15) is 5.82 Å². The zero-order valence-corrected chi connectivity index (χ0v) is 18.4. The number of hydrogen-bond acceptors (Lipinski definition) is 3. The molecule has 2 aliphatic rings. The van der Waals surface area contributed by atoms with E-state index in [1.54, 1.807) is 21.9 Å². The Morgan fingerprint density at radius 3 is 2.69 bits per heavy atom. The summed E-state index contributed by atoms with van der Waals surface area (Å²) >= 11 is 1.48. The number of fused-ring (bicyclic) bond motifs is 2. The Bertz CT molecular complexity index is 1200. The first-order valence-corrected chi connectivity index (χ1v) is 11.4. The summed E-state index contributed by atoms with van der Waals surface area (Å²) in [5, 5.41) is 2.77. The quantitative estimate of drug-likeness (QED) is 0.607. The zero-order chi connectivity index (χ0) is 22.3. The van der Waals surface area contributed by atoms with Crippen LogP contribution in [0.5, 0.6) is 0 Å². The highest BCUT2D eigenvalue weighted by Crippen LogP contribution is 2.54. The molecule has 0 radical (unpaired) electrons. The van der Waals surface area contributed by atoms with Crippen LogP contribution in [0.4, 0.5) is 20.6 Å². The molecule has 0 unspecified atom stereocenters. The summed E-state index contributed by atoms with van der Waals surface area (Å²) in [5.41, 5.74) is 4.05. The second-order valence-corrected chi connectivity index (χ2v) is 9.27. The van der Waals surface area contributed by atoms with Crippen molar-refractivity contribution < 1.29 is 14.0 Å². The average molecular weight is 448 g/mol. The molecule has 1 spiro atoms. The van der Waals surface area contributed by atoms with Crippen molar-refractivity contribution >= 4 is 35.1 Å². The summed E-state index contributed by atoms with van der Waals surface area (Å²) in [6.45, 7) is 2.83. The summed E-state index contributed by atoms with van der Waals surface area (Å²) in [5.74, 6) is 0.0774. The lowest BCUT2D eigenvalue weighted by Crippen LogP contribution is -2.51. The van der Waals surface area contributed by atoms with E-state index in [9.17, 15) is 14.0 Å². The Kier molecular flexibility index (Phi) is 5.13. The number of benzene rings is 3. The molecule has 3 aromatic rings. The van der Waals surface area contributed by atoms with Gasteiger partial charge in [0, 0.05) is 23.5 Å². The number of thioether (sulfide) groups is 1. The minimum atomic E-state index is -1.13. The average Bonchev–Trinajstić information content (AvgIpc) is 3.32. The molecule has 1 N–H and O–H groups in total. The van der Waals surface area contributed by atoms with Crippen LogP contribution in [-0.4, -0.2) is 29.1 Å². The van der Waals surface area contributed by atoms with Gasteiger partial charge in [0.25, 0.3) is 5.91 Å². The van der Waals surface area contributed by atoms with Crippen molar-refractivity contribution in [3.63, 3.8) is 0 Å². The number of carbonyl (C=O) groups is 2. The van der Waals surface area contributed by atoms with Gasteiger partial charge in [-0.1, -0.05) is 54.1 Å². The second kappa shape index (κ2) is 7.98. The van der Waals surface area contributed by atoms with E-state index in [0.29, 0.717) is 24.5 Å². The highest BCUT2D eigenvalue weighted by atomic mass is 32.2. The molecule has 32 heavy (non-hydrogen) atoms. The third-order valence-electron chi connectivity index (χ3n) is 5.85. The van der Waals surface area contributed by atoms with Crippen molar-refractivity contribution in [3.05, 3.63) is 95.3 Å². The lowest BCUT2D eigenvalue weighted by molar-refractivity contribution is -0.123. The molecule has 0 aliphatic carbocycles. The van der Waals surface area contributed by atoms with E-state index in [-0.39, 0.29) is 5.91 Å². The van der Waals surface area contributed by atoms with Gasteiger partial charge in [0.05, 0.1) is 12.2 Å². The van der Waals surface area contributed by atoms with Gasteiger partial charge in [-0.3, -0.25) is 9.69 Å². The van der Waals surface area contributed by atoms with Crippen LogP contribution in [0.1, 0.15) is 16.7 Å².